The third-order valence-corrected chi connectivity index (χ3v) is 5.98. The van der Waals surface area contributed by atoms with Crippen LogP contribution in [0.1, 0.15) is 12.5 Å². The summed E-state index contributed by atoms with van der Waals surface area (Å²) in [5.74, 6) is 0.392. The van der Waals surface area contributed by atoms with Gasteiger partial charge in [-0.3, -0.25) is 9.55 Å². The van der Waals surface area contributed by atoms with Crippen LogP contribution in [-0.2, 0) is 15.7 Å². The van der Waals surface area contributed by atoms with Crippen LogP contribution in [0.15, 0.2) is 72.1 Å². The summed E-state index contributed by atoms with van der Waals surface area (Å²) in [5.41, 5.74) is 2.17. The molecule has 2 N–H and O–H groups in total. The van der Waals surface area contributed by atoms with E-state index in [1.165, 1.54) is 16.7 Å². The fourth-order valence-corrected chi connectivity index (χ4v) is 4.07. The number of hydrogen-bond acceptors (Lipinski definition) is 5. The maximum atomic E-state index is 13.1. The summed E-state index contributed by atoms with van der Waals surface area (Å²) in [4.78, 5) is 21.4. The number of aromatic nitrogens is 2. The first kappa shape index (κ1) is 28.1. The Balaban J connectivity index is 1.51. The normalized spacial score (nSPS) is 12.1. The molecule has 2 aromatic carbocycles. The predicted molar refractivity (Wildman–Crippen MR) is 145 cm³/mol. The lowest BCUT2D eigenvalue weighted by atomic mass is 10.1. The minimum atomic E-state index is -4.56. The van der Waals surface area contributed by atoms with Gasteiger partial charge in [-0.2, -0.15) is 13.2 Å². The van der Waals surface area contributed by atoms with E-state index in [9.17, 15) is 18.0 Å². The molecule has 0 atom stereocenters. The Morgan fingerprint density at radius 1 is 1.13 bits per heavy atom. The van der Waals surface area contributed by atoms with Gasteiger partial charge in [0.25, 0.3) is 0 Å². The molecular formula is C27H25ClF3N5O3. The molecule has 1 amide bonds. The summed E-state index contributed by atoms with van der Waals surface area (Å²) in [6.45, 7) is 2.47. The number of alkyl halides is 3. The minimum Gasteiger partial charge on any atom is -0.382 e. The minimum absolute atomic E-state index is 0.0376. The molecule has 0 fully saturated rings. The second-order valence-corrected chi connectivity index (χ2v) is 8.80. The highest BCUT2D eigenvalue weighted by Gasteiger charge is 2.33. The number of pyridine rings is 1. The number of nitrogens with one attached hydrogen (secondary N) is 2. The van der Waals surface area contributed by atoms with Gasteiger partial charge in [-0.1, -0.05) is 23.7 Å². The first-order valence-electron chi connectivity index (χ1n) is 11.8. The number of aliphatic imine (C=N–C) groups is 1. The maximum Gasteiger partial charge on any atom is 0.417 e. The zero-order valence-corrected chi connectivity index (χ0v) is 21.8. The lowest BCUT2D eigenvalue weighted by Crippen LogP contribution is -2.30. The number of rotatable bonds is 8. The highest BCUT2D eigenvalue weighted by Crippen LogP contribution is 2.36. The molecule has 0 bridgehead atoms. The van der Waals surface area contributed by atoms with Gasteiger partial charge in [0.15, 0.2) is 0 Å². The number of amidine groups is 1. The van der Waals surface area contributed by atoms with Crippen LogP contribution < -0.4 is 10.6 Å². The SMILES string of the molecule is COCCOCNC(=O)n1cc(-c2ccc(N=C(C)Nc3ccc(Cl)c(C(F)(F)F)c3)cc2)c2cnccc21. The average Bonchev–Trinajstić information content (AvgIpc) is 3.29. The van der Waals surface area contributed by atoms with Gasteiger partial charge >= 0.3 is 12.2 Å². The van der Waals surface area contributed by atoms with Crippen molar-refractivity contribution in [2.45, 2.75) is 13.1 Å². The van der Waals surface area contributed by atoms with Crippen LogP contribution in [0, 0.1) is 0 Å². The number of carbonyl (C=O) groups excluding carboxylic acids is 1. The van der Waals surface area contributed by atoms with E-state index in [-0.39, 0.29) is 23.5 Å². The van der Waals surface area contributed by atoms with Gasteiger partial charge in [0, 0.05) is 42.3 Å². The van der Waals surface area contributed by atoms with Crippen LogP contribution in [0.25, 0.3) is 22.0 Å². The zero-order chi connectivity index (χ0) is 28.0. The number of fused-ring (bicyclic) bond motifs is 1. The first-order valence-corrected chi connectivity index (χ1v) is 12.1. The van der Waals surface area contributed by atoms with E-state index in [1.54, 1.807) is 50.8 Å². The lowest BCUT2D eigenvalue weighted by molar-refractivity contribution is -0.137. The standard InChI is InChI=1S/C27H25ClF3N5O3/c1-17(35-20-7-8-24(28)23(13-20)27(29,30)31)34-19-5-3-18(4-6-19)22-15-36(25-9-10-32-14-21(22)25)26(37)33-16-39-12-11-38-2/h3-10,13-15H,11-12,16H2,1-2H3,(H,33,37)(H,34,35). The third kappa shape index (κ3) is 6.94. The van der Waals surface area contributed by atoms with E-state index in [1.807, 2.05) is 12.1 Å². The fraction of sp³-hybridized carbons (Fsp3) is 0.222. The van der Waals surface area contributed by atoms with Gasteiger partial charge in [0.2, 0.25) is 0 Å². The van der Waals surface area contributed by atoms with Crippen LogP contribution in [-0.4, -0.2) is 48.5 Å². The van der Waals surface area contributed by atoms with Crippen LogP contribution in [0.3, 0.4) is 0 Å². The molecule has 0 spiro atoms. The van der Waals surface area contributed by atoms with Crippen molar-refractivity contribution in [2.24, 2.45) is 4.99 Å². The number of halogens is 4. The number of ether oxygens (including phenoxy) is 2. The van der Waals surface area contributed by atoms with E-state index in [4.69, 9.17) is 21.1 Å². The highest BCUT2D eigenvalue weighted by molar-refractivity contribution is 6.31. The topological polar surface area (TPSA) is 89.8 Å². The van der Waals surface area contributed by atoms with Gasteiger partial charge in [-0.05, 0) is 48.9 Å². The van der Waals surface area contributed by atoms with E-state index < -0.39 is 11.7 Å². The Morgan fingerprint density at radius 3 is 2.62 bits per heavy atom. The summed E-state index contributed by atoms with van der Waals surface area (Å²) in [6.07, 6.45) is 0.454. The Labute approximate surface area is 227 Å². The smallest absolute Gasteiger partial charge is 0.382 e. The molecule has 8 nitrogen and oxygen atoms in total. The van der Waals surface area contributed by atoms with Gasteiger partial charge in [0.05, 0.1) is 35.0 Å². The quantitative estimate of drug-likeness (QED) is 0.108. The maximum absolute atomic E-state index is 13.1. The predicted octanol–water partition coefficient (Wildman–Crippen LogP) is 6.72. The van der Waals surface area contributed by atoms with E-state index in [2.05, 4.69) is 20.6 Å². The van der Waals surface area contributed by atoms with Crippen LogP contribution >= 0.6 is 11.6 Å². The highest BCUT2D eigenvalue weighted by atomic mass is 35.5. The number of hydrogen-bond donors (Lipinski definition) is 2. The summed E-state index contributed by atoms with van der Waals surface area (Å²) in [6, 6.07) is 12.2. The molecule has 0 saturated heterocycles. The Morgan fingerprint density at radius 2 is 1.90 bits per heavy atom. The Bertz CT molecular complexity index is 1490. The molecule has 2 heterocycles. The summed E-state index contributed by atoms with van der Waals surface area (Å²) >= 11 is 5.69. The number of amides is 1. The molecule has 4 aromatic rings. The molecular weight excluding hydrogens is 535 g/mol. The first-order chi connectivity index (χ1) is 18.7. The van der Waals surface area contributed by atoms with Crippen molar-refractivity contribution < 1.29 is 27.4 Å². The van der Waals surface area contributed by atoms with Gasteiger partial charge in [-0.25, -0.2) is 9.79 Å². The van der Waals surface area contributed by atoms with E-state index in [0.717, 1.165) is 22.6 Å². The number of methoxy groups -OCH3 is 1. The Kier molecular flexibility index (Phi) is 8.85. The molecule has 0 unspecified atom stereocenters. The third-order valence-electron chi connectivity index (χ3n) is 5.65. The van der Waals surface area contributed by atoms with Crippen molar-refractivity contribution in [1.82, 2.24) is 14.9 Å². The monoisotopic (exact) mass is 559 g/mol. The molecule has 0 aliphatic heterocycles. The second kappa shape index (κ2) is 12.3. The Hall–Kier alpha value is -3.93. The van der Waals surface area contributed by atoms with Crippen molar-refractivity contribution in [3.05, 3.63) is 77.7 Å². The second-order valence-electron chi connectivity index (χ2n) is 8.39. The largest absolute Gasteiger partial charge is 0.417 e. The van der Waals surface area contributed by atoms with Crippen molar-refractivity contribution in [1.29, 1.82) is 0 Å². The number of nitrogens with zero attached hydrogens (tertiary/aromatic N) is 3. The summed E-state index contributed by atoms with van der Waals surface area (Å²) in [7, 11) is 1.57. The molecule has 39 heavy (non-hydrogen) atoms. The van der Waals surface area contributed by atoms with Crippen molar-refractivity contribution >= 4 is 45.7 Å². The van der Waals surface area contributed by atoms with Crippen LogP contribution in [0.5, 0.6) is 0 Å². The molecule has 0 aliphatic carbocycles. The number of benzene rings is 2. The van der Waals surface area contributed by atoms with Crippen molar-refractivity contribution in [3.8, 4) is 11.1 Å². The number of carbonyl (C=O) groups is 1. The molecule has 12 heteroatoms. The van der Waals surface area contributed by atoms with Gasteiger partial charge in [-0.15, -0.1) is 0 Å². The molecule has 204 valence electrons. The molecule has 0 aliphatic rings. The molecule has 0 radical (unpaired) electrons. The number of anilines is 1. The van der Waals surface area contributed by atoms with Crippen LogP contribution in [0.2, 0.25) is 5.02 Å². The van der Waals surface area contributed by atoms with Gasteiger partial charge < -0.3 is 20.1 Å². The summed E-state index contributed by atoms with van der Waals surface area (Å²) < 4.78 is 51.2. The van der Waals surface area contributed by atoms with E-state index in [0.29, 0.717) is 30.3 Å². The lowest BCUT2D eigenvalue weighted by Gasteiger charge is -2.12. The van der Waals surface area contributed by atoms with Gasteiger partial charge in [0.1, 0.15) is 12.6 Å². The fourth-order valence-electron chi connectivity index (χ4n) is 3.85. The molecule has 0 saturated carbocycles. The van der Waals surface area contributed by atoms with E-state index >= 15 is 0 Å². The van der Waals surface area contributed by atoms with Crippen molar-refractivity contribution in [3.63, 3.8) is 0 Å². The summed E-state index contributed by atoms with van der Waals surface area (Å²) in [5, 5.41) is 5.98. The van der Waals surface area contributed by atoms with Crippen molar-refractivity contribution in [2.75, 3.05) is 32.4 Å². The average molecular weight is 560 g/mol. The molecule has 4 rings (SSSR count). The zero-order valence-electron chi connectivity index (χ0n) is 21.1. The molecule has 2 aromatic heterocycles. The van der Waals surface area contributed by atoms with Crippen LogP contribution in [0.4, 0.5) is 29.3 Å².